The largest absolute Gasteiger partial charge is 0.348 e. The molecule has 19 heavy (non-hydrogen) atoms. The summed E-state index contributed by atoms with van der Waals surface area (Å²) in [5, 5.41) is 0.791. The predicted octanol–water partition coefficient (Wildman–Crippen LogP) is 3.86. The average molecular weight is 278 g/mol. The van der Waals surface area contributed by atoms with Gasteiger partial charge in [0.2, 0.25) is 0 Å². The fourth-order valence-corrected chi connectivity index (χ4v) is 2.29. The molecular formula is C15H20ClN3. The highest BCUT2D eigenvalue weighted by Crippen LogP contribution is 2.16. The van der Waals surface area contributed by atoms with Crippen molar-refractivity contribution in [3.05, 3.63) is 53.1 Å². The molecule has 0 aliphatic carbocycles. The summed E-state index contributed by atoms with van der Waals surface area (Å²) in [6.45, 7) is 6.16. The number of H-pyrrole nitrogens is 1. The molecule has 2 aromatic rings. The third-order valence-electron chi connectivity index (χ3n) is 3.40. The van der Waals surface area contributed by atoms with Crippen LogP contribution in [0.15, 0.2) is 36.7 Å². The summed E-state index contributed by atoms with van der Waals surface area (Å²) in [6.07, 6.45) is 4.77. The Hall–Kier alpha value is -1.32. The van der Waals surface area contributed by atoms with Crippen molar-refractivity contribution in [3.63, 3.8) is 0 Å². The molecule has 1 aromatic heterocycles. The third-order valence-corrected chi connectivity index (χ3v) is 3.63. The molecule has 0 saturated carbocycles. The monoisotopic (exact) mass is 277 g/mol. The highest BCUT2D eigenvalue weighted by molar-refractivity contribution is 6.30. The molecule has 0 radical (unpaired) electrons. The fraction of sp³-hybridized carbons (Fsp3) is 0.400. The van der Waals surface area contributed by atoms with Crippen LogP contribution in [-0.4, -0.2) is 20.9 Å². The van der Waals surface area contributed by atoms with E-state index in [2.05, 4.69) is 34.8 Å². The first kappa shape index (κ1) is 14.1. The fourth-order valence-electron chi connectivity index (χ4n) is 2.07. The van der Waals surface area contributed by atoms with Gasteiger partial charge in [0.25, 0.3) is 0 Å². The second kappa shape index (κ2) is 6.73. The summed E-state index contributed by atoms with van der Waals surface area (Å²) < 4.78 is 0. The van der Waals surface area contributed by atoms with Crippen molar-refractivity contribution in [1.82, 2.24) is 14.9 Å². The van der Waals surface area contributed by atoms with E-state index in [1.54, 1.807) is 6.20 Å². The maximum Gasteiger partial charge on any atom is 0.120 e. The van der Waals surface area contributed by atoms with Crippen LogP contribution >= 0.6 is 11.6 Å². The second-order valence-electron chi connectivity index (χ2n) is 4.83. The zero-order valence-electron chi connectivity index (χ0n) is 11.4. The van der Waals surface area contributed by atoms with Crippen molar-refractivity contribution in [2.75, 3.05) is 0 Å². The molecule has 1 atom stereocenters. The van der Waals surface area contributed by atoms with E-state index in [4.69, 9.17) is 11.6 Å². The lowest BCUT2D eigenvalue weighted by Crippen LogP contribution is -2.32. The molecule has 3 nitrogen and oxygen atoms in total. The number of hydrogen-bond donors (Lipinski definition) is 1. The lowest BCUT2D eigenvalue weighted by Gasteiger charge is -2.27. The van der Waals surface area contributed by atoms with Crippen molar-refractivity contribution in [3.8, 4) is 0 Å². The number of hydrogen-bond acceptors (Lipinski definition) is 2. The molecule has 0 aliphatic rings. The molecule has 2 rings (SSSR count). The number of aromatic amines is 1. The van der Waals surface area contributed by atoms with Crippen molar-refractivity contribution >= 4 is 11.6 Å². The number of nitrogens with zero attached hydrogens (tertiary/aromatic N) is 2. The Labute approximate surface area is 119 Å². The van der Waals surface area contributed by atoms with E-state index >= 15 is 0 Å². The number of nitrogens with one attached hydrogen (secondary N) is 1. The predicted molar refractivity (Wildman–Crippen MR) is 79.0 cm³/mol. The summed E-state index contributed by atoms with van der Waals surface area (Å²) in [5.41, 5.74) is 1.24. The first-order valence-electron chi connectivity index (χ1n) is 6.65. The van der Waals surface area contributed by atoms with Crippen molar-refractivity contribution < 1.29 is 0 Å². The standard InChI is InChI=1S/C15H20ClN3/c1-3-12(2)19(11-15-17-7-8-18-15)10-13-5-4-6-14(16)9-13/h4-9,12H,3,10-11H2,1-2H3,(H,17,18)/t12-/m1/s1. The van der Waals surface area contributed by atoms with E-state index in [1.165, 1.54) is 5.56 Å². The number of rotatable bonds is 6. The molecule has 0 saturated heterocycles. The van der Waals surface area contributed by atoms with Crippen LogP contribution in [0.4, 0.5) is 0 Å². The van der Waals surface area contributed by atoms with Gasteiger partial charge in [-0.2, -0.15) is 0 Å². The first-order chi connectivity index (χ1) is 9.19. The van der Waals surface area contributed by atoms with E-state index < -0.39 is 0 Å². The lowest BCUT2D eigenvalue weighted by atomic mass is 10.1. The molecule has 102 valence electrons. The van der Waals surface area contributed by atoms with Crippen LogP contribution in [-0.2, 0) is 13.1 Å². The van der Waals surface area contributed by atoms with E-state index in [0.29, 0.717) is 6.04 Å². The minimum Gasteiger partial charge on any atom is -0.348 e. The minimum absolute atomic E-state index is 0.504. The average Bonchev–Trinajstić information content (AvgIpc) is 2.90. The van der Waals surface area contributed by atoms with Gasteiger partial charge >= 0.3 is 0 Å². The van der Waals surface area contributed by atoms with Gasteiger partial charge in [0.05, 0.1) is 6.54 Å². The molecule has 1 N–H and O–H groups in total. The highest BCUT2D eigenvalue weighted by Gasteiger charge is 2.14. The summed E-state index contributed by atoms with van der Waals surface area (Å²) in [5.74, 6) is 1.00. The molecule has 0 aliphatic heterocycles. The van der Waals surface area contributed by atoms with E-state index in [9.17, 15) is 0 Å². The van der Waals surface area contributed by atoms with Gasteiger partial charge in [0, 0.05) is 30.0 Å². The van der Waals surface area contributed by atoms with Gasteiger partial charge in [0.15, 0.2) is 0 Å². The molecule has 1 aromatic carbocycles. The molecule has 0 bridgehead atoms. The smallest absolute Gasteiger partial charge is 0.120 e. The molecule has 4 heteroatoms. The van der Waals surface area contributed by atoms with Gasteiger partial charge < -0.3 is 4.98 Å². The Morgan fingerprint density at radius 2 is 2.21 bits per heavy atom. The zero-order chi connectivity index (χ0) is 13.7. The van der Waals surface area contributed by atoms with E-state index in [1.807, 2.05) is 24.4 Å². The third kappa shape index (κ3) is 4.08. The van der Waals surface area contributed by atoms with Gasteiger partial charge in [-0.1, -0.05) is 30.7 Å². The van der Waals surface area contributed by atoms with E-state index in [-0.39, 0.29) is 0 Å². The van der Waals surface area contributed by atoms with Gasteiger partial charge in [-0.25, -0.2) is 4.98 Å². The van der Waals surface area contributed by atoms with Crippen LogP contribution in [0.5, 0.6) is 0 Å². The Kier molecular flexibility index (Phi) is 5.00. The highest BCUT2D eigenvalue weighted by atomic mass is 35.5. The molecule has 0 fully saturated rings. The molecule has 0 spiro atoms. The Balaban J connectivity index is 2.09. The van der Waals surface area contributed by atoms with Crippen LogP contribution < -0.4 is 0 Å². The number of benzene rings is 1. The summed E-state index contributed by atoms with van der Waals surface area (Å²) in [7, 11) is 0. The minimum atomic E-state index is 0.504. The van der Waals surface area contributed by atoms with Crippen molar-refractivity contribution in [2.24, 2.45) is 0 Å². The molecule has 0 unspecified atom stereocenters. The molecule has 0 amide bonds. The van der Waals surface area contributed by atoms with Gasteiger partial charge in [-0.15, -0.1) is 0 Å². The summed E-state index contributed by atoms with van der Waals surface area (Å²) in [6, 6.07) is 8.55. The van der Waals surface area contributed by atoms with Gasteiger partial charge in [0.1, 0.15) is 5.82 Å². The van der Waals surface area contributed by atoms with Gasteiger partial charge in [-0.3, -0.25) is 4.90 Å². The zero-order valence-corrected chi connectivity index (χ0v) is 12.2. The number of aromatic nitrogens is 2. The van der Waals surface area contributed by atoms with Crippen molar-refractivity contribution in [2.45, 2.75) is 39.4 Å². The topological polar surface area (TPSA) is 31.9 Å². The normalized spacial score (nSPS) is 12.8. The van der Waals surface area contributed by atoms with Crippen LogP contribution in [0.2, 0.25) is 5.02 Å². The maximum atomic E-state index is 6.05. The van der Waals surface area contributed by atoms with Crippen LogP contribution in [0, 0.1) is 0 Å². The first-order valence-corrected chi connectivity index (χ1v) is 7.03. The Morgan fingerprint density at radius 1 is 1.37 bits per heavy atom. The maximum absolute atomic E-state index is 6.05. The molecule has 1 heterocycles. The Bertz CT molecular complexity index is 496. The summed E-state index contributed by atoms with van der Waals surface area (Å²) in [4.78, 5) is 9.88. The van der Waals surface area contributed by atoms with E-state index in [0.717, 1.165) is 30.4 Å². The Morgan fingerprint density at radius 3 is 2.84 bits per heavy atom. The second-order valence-corrected chi connectivity index (χ2v) is 5.26. The number of imidazole rings is 1. The van der Waals surface area contributed by atoms with Crippen LogP contribution in [0.25, 0.3) is 0 Å². The van der Waals surface area contributed by atoms with Crippen LogP contribution in [0.1, 0.15) is 31.7 Å². The molecular weight excluding hydrogens is 258 g/mol. The SMILES string of the molecule is CC[C@@H](C)N(Cc1cccc(Cl)c1)Cc1ncc[nH]1. The van der Waals surface area contributed by atoms with Crippen molar-refractivity contribution in [1.29, 1.82) is 0 Å². The summed E-state index contributed by atoms with van der Waals surface area (Å²) >= 11 is 6.05. The quantitative estimate of drug-likeness (QED) is 0.869. The number of halogens is 1. The van der Waals surface area contributed by atoms with Crippen LogP contribution in [0.3, 0.4) is 0 Å². The van der Waals surface area contributed by atoms with Gasteiger partial charge in [-0.05, 0) is 31.0 Å². The lowest BCUT2D eigenvalue weighted by molar-refractivity contribution is 0.182.